The fourth-order valence-corrected chi connectivity index (χ4v) is 3.57. The summed E-state index contributed by atoms with van der Waals surface area (Å²) >= 11 is 1.60. The molecule has 0 radical (unpaired) electrons. The van der Waals surface area contributed by atoms with Gasteiger partial charge >= 0.3 is 0 Å². The fourth-order valence-electron chi connectivity index (χ4n) is 2.90. The van der Waals surface area contributed by atoms with Gasteiger partial charge in [-0.1, -0.05) is 0 Å². The predicted molar refractivity (Wildman–Crippen MR) is 98.1 cm³/mol. The molecule has 2 amide bonds. The minimum atomic E-state index is 0.0105. The standard InChI is InChI=1S/C19H22N2O3S/c22-18(12-16-7-11-25-14-16)20-13-15-5-8-21(9-6-15)19(23)4-3-17-2-1-10-24-17/h1-4,7,10-11,14-15H,5-6,8-9,12-13H2,(H,20,22). The summed E-state index contributed by atoms with van der Waals surface area (Å²) in [4.78, 5) is 26.0. The molecule has 1 aliphatic rings. The van der Waals surface area contributed by atoms with Crippen molar-refractivity contribution >= 4 is 29.2 Å². The molecular formula is C19H22N2O3S. The van der Waals surface area contributed by atoms with E-state index in [1.807, 2.05) is 27.8 Å². The number of furan rings is 1. The summed E-state index contributed by atoms with van der Waals surface area (Å²) in [5.41, 5.74) is 1.06. The summed E-state index contributed by atoms with van der Waals surface area (Å²) in [6.45, 7) is 2.14. The van der Waals surface area contributed by atoms with Crippen LogP contribution in [0.3, 0.4) is 0 Å². The highest BCUT2D eigenvalue weighted by Crippen LogP contribution is 2.17. The first-order valence-corrected chi connectivity index (χ1v) is 9.43. The molecule has 0 saturated carbocycles. The first-order valence-electron chi connectivity index (χ1n) is 8.49. The van der Waals surface area contributed by atoms with Gasteiger partial charge < -0.3 is 14.6 Å². The zero-order valence-electron chi connectivity index (χ0n) is 14.0. The van der Waals surface area contributed by atoms with Crippen LogP contribution < -0.4 is 5.32 Å². The number of carbonyl (C=O) groups is 2. The Morgan fingerprint density at radius 3 is 2.84 bits per heavy atom. The molecule has 2 aromatic heterocycles. The van der Waals surface area contributed by atoms with Gasteiger partial charge in [0.2, 0.25) is 11.8 Å². The molecule has 5 nitrogen and oxygen atoms in total. The molecule has 0 unspecified atom stereocenters. The maximum absolute atomic E-state index is 12.2. The smallest absolute Gasteiger partial charge is 0.246 e. The number of nitrogens with zero attached hydrogens (tertiary/aromatic N) is 1. The van der Waals surface area contributed by atoms with Crippen LogP contribution in [0.1, 0.15) is 24.2 Å². The maximum Gasteiger partial charge on any atom is 0.246 e. The Hall–Kier alpha value is -2.34. The van der Waals surface area contributed by atoms with Crippen LogP contribution in [0.15, 0.2) is 45.7 Å². The van der Waals surface area contributed by atoms with Crippen molar-refractivity contribution in [1.29, 1.82) is 0 Å². The third-order valence-corrected chi connectivity index (χ3v) is 5.12. The lowest BCUT2D eigenvalue weighted by atomic mass is 9.96. The molecule has 25 heavy (non-hydrogen) atoms. The molecule has 6 heteroatoms. The average molecular weight is 358 g/mol. The van der Waals surface area contributed by atoms with Crippen LogP contribution in [0.5, 0.6) is 0 Å². The van der Waals surface area contributed by atoms with Gasteiger partial charge in [0.1, 0.15) is 5.76 Å². The summed E-state index contributed by atoms with van der Waals surface area (Å²) in [5, 5.41) is 7.00. The van der Waals surface area contributed by atoms with E-state index in [2.05, 4.69) is 5.32 Å². The second kappa shape index (κ2) is 8.67. The van der Waals surface area contributed by atoms with Gasteiger partial charge in [0.05, 0.1) is 12.7 Å². The molecular weight excluding hydrogens is 336 g/mol. The number of amides is 2. The molecule has 1 N–H and O–H groups in total. The molecule has 3 heterocycles. The quantitative estimate of drug-likeness (QED) is 0.808. The number of thiophene rings is 1. The minimum Gasteiger partial charge on any atom is -0.465 e. The Morgan fingerprint density at radius 1 is 1.32 bits per heavy atom. The van der Waals surface area contributed by atoms with E-state index >= 15 is 0 Å². The van der Waals surface area contributed by atoms with Gasteiger partial charge in [0.15, 0.2) is 0 Å². The van der Waals surface area contributed by atoms with Crippen LogP contribution in [-0.2, 0) is 16.0 Å². The van der Waals surface area contributed by atoms with Crippen LogP contribution in [0, 0.1) is 5.92 Å². The van der Waals surface area contributed by atoms with Gasteiger partial charge in [-0.25, -0.2) is 0 Å². The van der Waals surface area contributed by atoms with Gasteiger partial charge in [0, 0.05) is 25.7 Å². The summed E-state index contributed by atoms with van der Waals surface area (Å²) < 4.78 is 5.18. The lowest BCUT2D eigenvalue weighted by molar-refractivity contribution is -0.127. The Labute approximate surface area is 151 Å². The minimum absolute atomic E-state index is 0.0105. The summed E-state index contributed by atoms with van der Waals surface area (Å²) in [7, 11) is 0. The van der Waals surface area contributed by atoms with E-state index in [-0.39, 0.29) is 11.8 Å². The average Bonchev–Trinajstić information content (AvgIpc) is 3.32. The Bertz CT molecular complexity index is 699. The van der Waals surface area contributed by atoms with Gasteiger partial charge in [0.25, 0.3) is 0 Å². The number of nitrogens with one attached hydrogen (secondary N) is 1. The van der Waals surface area contributed by atoms with Crippen molar-refractivity contribution in [2.75, 3.05) is 19.6 Å². The van der Waals surface area contributed by atoms with Gasteiger partial charge in [-0.2, -0.15) is 11.3 Å². The number of likely N-dealkylation sites (tertiary alicyclic amines) is 1. The predicted octanol–water partition coefficient (Wildman–Crippen LogP) is 2.95. The maximum atomic E-state index is 12.2. The molecule has 2 aromatic rings. The van der Waals surface area contributed by atoms with E-state index in [1.54, 1.807) is 35.8 Å². The molecule has 0 spiro atoms. The normalized spacial score (nSPS) is 15.6. The van der Waals surface area contributed by atoms with Crippen molar-refractivity contribution in [3.05, 3.63) is 52.6 Å². The molecule has 1 fully saturated rings. The fraction of sp³-hybridized carbons (Fsp3) is 0.368. The van der Waals surface area contributed by atoms with E-state index in [1.165, 1.54) is 0 Å². The first-order chi connectivity index (χ1) is 12.2. The van der Waals surface area contributed by atoms with Crippen LogP contribution >= 0.6 is 11.3 Å². The summed E-state index contributed by atoms with van der Waals surface area (Å²) in [5.74, 6) is 1.19. The second-order valence-corrected chi connectivity index (χ2v) is 7.01. The van der Waals surface area contributed by atoms with E-state index in [4.69, 9.17) is 4.42 Å². The number of hydrogen-bond donors (Lipinski definition) is 1. The zero-order chi connectivity index (χ0) is 17.5. The van der Waals surface area contributed by atoms with Crippen LogP contribution in [-0.4, -0.2) is 36.3 Å². The first kappa shape index (κ1) is 17.5. The van der Waals surface area contributed by atoms with Crippen LogP contribution in [0.2, 0.25) is 0 Å². The Balaban J connectivity index is 1.36. The second-order valence-electron chi connectivity index (χ2n) is 6.23. The molecule has 1 aliphatic heterocycles. The Kier molecular flexibility index (Phi) is 6.06. The van der Waals surface area contributed by atoms with Crippen molar-refractivity contribution in [3.63, 3.8) is 0 Å². The number of piperidine rings is 1. The van der Waals surface area contributed by atoms with E-state index < -0.39 is 0 Å². The lowest BCUT2D eigenvalue weighted by Gasteiger charge is -2.31. The highest BCUT2D eigenvalue weighted by atomic mass is 32.1. The zero-order valence-corrected chi connectivity index (χ0v) is 14.8. The van der Waals surface area contributed by atoms with Crippen LogP contribution in [0.4, 0.5) is 0 Å². The van der Waals surface area contributed by atoms with Gasteiger partial charge in [-0.15, -0.1) is 0 Å². The third kappa shape index (κ3) is 5.32. The molecule has 1 saturated heterocycles. The van der Waals surface area contributed by atoms with Crippen molar-refractivity contribution in [2.24, 2.45) is 5.92 Å². The number of carbonyl (C=O) groups excluding carboxylic acids is 2. The molecule has 0 aliphatic carbocycles. The molecule has 0 atom stereocenters. The van der Waals surface area contributed by atoms with Gasteiger partial charge in [-0.3, -0.25) is 9.59 Å². The molecule has 0 aromatic carbocycles. The number of rotatable bonds is 6. The van der Waals surface area contributed by atoms with E-state index in [0.29, 0.717) is 24.6 Å². The van der Waals surface area contributed by atoms with Crippen molar-refractivity contribution in [3.8, 4) is 0 Å². The van der Waals surface area contributed by atoms with Crippen LogP contribution in [0.25, 0.3) is 6.08 Å². The number of hydrogen-bond acceptors (Lipinski definition) is 4. The van der Waals surface area contributed by atoms with Crippen molar-refractivity contribution in [2.45, 2.75) is 19.3 Å². The lowest BCUT2D eigenvalue weighted by Crippen LogP contribution is -2.41. The van der Waals surface area contributed by atoms with Crippen molar-refractivity contribution in [1.82, 2.24) is 10.2 Å². The van der Waals surface area contributed by atoms with Crippen molar-refractivity contribution < 1.29 is 14.0 Å². The summed E-state index contributed by atoms with van der Waals surface area (Å²) in [6, 6.07) is 5.59. The van der Waals surface area contributed by atoms with E-state index in [0.717, 1.165) is 31.5 Å². The monoisotopic (exact) mass is 358 g/mol. The third-order valence-electron chi connectivity index (χ3n) is 4.39. The highest BCUT2D eigenvalue weighted by Gasteiger charge is 2.22. The Morgan fingerprint density at radius 2 is 2.16 bits per heavy atom. The topological polar surface area (TPSA) is 62.6 Å². The van der Waals surface area contributed by atoms with E-state index in [9.17, 15) is 9.59 Å². The SMILES string of the molecule is O=C(Cc1ccsc1)NCC1CCN(C(=O)C=Cc2ccco2)CC1. The molecule has 132 valence electrons. The summed E-state index contributed by atoms with van der Waals surface area (Å²) in [6.07, 6.45) is 7.11. The highest BCUT2D eigenvalue weighted by molar-refractivity contribution is 7.08. The molecule has 3 rings (SSSR count). The largest absolute Gasteiger partial charge is 0.465 e. The van der Waals surface area contributed by atoms with Gasteiger partial charge in [-0.05, 0) is 59.4 Å². The molecule has 0 bridgehead atoms.